The lowest BCUT2D eigenvalue weighted by atomic mass is 10.3. The first-order valence-electron chi connectivity index (χ1n) is 6.18. The molecule has 0 bridgehead atoms. The molecule has 6 heteroatoms. The molecule has 2 aromatic heterocycles. The molecule has 5 nitrogen and oxygen atoms in total. The molecule has 2 heterocycles. The molecule has 19 heavy (non-hydrogen) atoms. The van der Waals surface area contributed by atoms with E-state index in [1.165, 1.54) is 0 Å². The minimum absolute atomic E-state index is 0. The molecule has 0 aliphatic carbocycles. The van der Waals surface area contributed by atoms with Gasteiger partial charge in [0.25, 0.3) is 0 Å². The van der Waals surface area contributed by atoms with Crippen molar-refractivity contribution in [3.8, 4) is 0 Å². The minimum Gasteiger partial charge on any atom is -0.370 e. The van der Waals surface area contributed by atoms with E-state index in [4.69, 9.17) is 5.73 Å². The standard InChI is InChI=1S/C13H19N5.HI/c1-3-10(2)16-13(14)15-8-11-9-18-7-5-4-6-12(18)17-11;/h4-7,9-10H,3,8H2,1-2H3,(H3,14,15,16);1H. The zero-order valence-electron chi connectivity index (χ0n) is 11.2. The van der Waals surface area contributed by atoms with Gasteiger partial charge >= 0.3 is 0 Å². The van der Waals surface area contributed by atoms with Crippen LogP contribution in [0, 0.1) is 0 Å². The number of nitrogens with zero attached hydrogens (tertiary/aromatic N) is 3. The van der Waals surface area contributed by atoms with E-state index < -0.39 is 0 Å². The predicted octanol–water partition coefficient (Wildman–Crippen LogP) is 2.16. The van der Waals surface area contributed by atoms with Gasteiger partial charge < -0.3 is 15.5 Å². The smallest absolute Gasteiger partial charge is 0.189 e. The van der Waals surface area contributed by atoms with E-state index in [0.29, 0.717) is 18.5 Å². The number of guanidine groups is 1. The van der Waals surface area contributed by atoms with Gasteiger partial charge in [-0.3, -0.25) is 0 Å². The topological polar surface area (TPSA) is 67.7 Å². The average molecular weight is 373 g/mol. The normalized spacial score (nSPS) is 13.1. The maximum atomic E-state index is 5.80. The van der Waals surface area contributed by atoms with Gasteiger partial charge in [0.1, 0.15) is 5.65 Å². The molecule has 0 aliphatic rings. The summed E-state index contributed by atoms with van der Waals surface area (Å²) in [5.41, 5.74) is 7.64. The molecule has 0 fully saturated rings. The Morgan fingerprint density at radius 2 is 2.32 bits per heavy atom. The Balaban J connectivity index is 0.00000180. The number of fused-ring (bicyclic) bond motifs is 1. The number of aliphatic imine (C=N–C) groups is 1. The summed E-state index contributed by atoms with van der Waals surface area (Å²) in [7, 11) is 0. The SMILES string of the molecule is CCC(C)NC(N)=NCc1cn2ccccc2n1.I. The van der Waals surface area contributed by atoms with E-state index in [9.17, 15) is 0 Å². The highest BCUT2D eigenvalue weighted by Gasteiger charge is 2.01. The number of pyridine rings is 1. The van der Waals surface area contributed by atoms with Gasteiger partial charge in [-0.15, -0.1) is 24.0 Å². The Hall–Kier alpha value is -1.31. The van der Waals surface area contributed by atoms with E-state index in [1.807, 2.05) is 35.0 Å². The number of aromatic nitrogens is 2. The Morgan fingerprint density at radius 1 is 1.53 bits per heavy atom. The largest absolute Gasteiger partial charge is 0.370 e. The third kappa shape index (κ3) is 4.38. The van der Waals surface area contributed by atoms with Crippen LogP contribution < -0.4 is 11.1 Å². The number of halogens is 1. The number of hydrogen-bond donors (Lipinski definition) is 2. The first kappa shape index (κ1) is 15.7. The van der Waals surface area contributed by atoms with Crippen molar-refractivity contribution in [1.82, 2.24) is 14.7 Å². The van der Waals surface area contributed by atoms with E-state index in [-0.39, 0.29) is 24.0 Å². The second-order valence-electron chi connectivity index (χ2n) is 4.35. The van der Waals surface area contributed by atoms with Crippen molar-refractivity contribution in [2.24, 2.45) is 10.7 Å². The fourth-order valence-corrected chi connectivity index (χ4v) is 1.63. The summed E-state index contributed by atoms with van der Waals surface area (Å²) in [4.78, 5) is 8.74. The molecule has 0 aromatic carbocycles. The second-order valence-corrected chi connectivity index (χ2v) is 4.35. The number of nitrogens with two attached hydrogens (primary N) is 1. The molecule has 1 atom stereocenters. The summed E-state index contributed by atoms with van der Waals surface area (Å²) >= 11 is 0. The highest BCUT2D eigenvalue weighted by molar-refractivity contribution is 14.0. The average Bonchev–Trinajstić information content (AvgIpc) is 2.79. The van der Waals surface area contributed by atoms with Crippen molar-refractivity contribution in [3.63, 3.8) is 0 Å². The van der Waals surface area contributed by atoms with Crippen molar-refractivity contribution in [2.45, 2.75) is 32.9 Å². The number of rotatable bonds is 4. The van der Waals surface area contributed by atoms with Gasteiger partial charge in [0.2, 0.25) is 0 Å². The van der Waals surface area contributed by atoms with Crippen molar-refractivity contribution >= 4 is 35.6 Å². The van der Waals surface area contributed by atoms with Gasteiger partial charge in [-0.1, -0.05) is 13.0 Å². The Kier molecular flexibility index (Phi) is 6.07. The van der Waals surface area contributed by atoms with Crippen LogP contribution in [0.15, 0.2) is 35.6 Å². The van der Waals surface area contributed by atoms with Crippen LogP contribution in [-0.2, 0) is 6.54 Å². The molecule has 0 spiro atoms. The first-order valence-corrected chi connectivity index (χ1v) is 6.18. The molecule has 2 rings (SSSR count). The molecule has 1 unspecified atom stereocenters. The zero-order chi connectivity index (χ0) is 13.0. The fraction of sp³-hybridized carbons (Fsp3) is 0.385. The van der Waals surface area contributed by atoms with E-state index in [2.05, 4.69) is 29.1 Å². The van der Waals surface area contributed by atoms with Crippen LogP contribution in [0.2, 0.25) is 0 Å². The maximum Gasteiger partial charge on any atom is 0.189 e. The number of imidazole rings is 1. The monoisotopic (exact) mass is 373 g/mol. The number of hydrogen-bond acceptors (Lipinski definition) is 2. The second kappa shape index (κ2) is 7.32. The summed E-state index contributed by atoms with van der Waals surface area (Å²) in [5, 5.41) is 3.13. The Bertz CT molecular complexity index is 516. The Morgan fingerprint density at radius 3 is 3.00 bits per heavy atom. The summed E-state index contributed by atoms with van der Waals surface area (Å²) < 4.78 is 1.98. The van der Waals surface area contributed by atoms with Gasteiger partial charge in [-0.25, -0.2) is 9.98 Å². The van der Waals surface area contributed by atoms with Crippen molar-refractivity contribution < 1.29 is 0 Å². The van der Waals surface area contributed by atoms with Crippen molar-refractivity contribution in [3.05, 3.63) is 36.3 Å². The van der Waals surface area contributed by atoms with Crippen LogP contribution >= 0.6 is 24.0 Å². The van der Waals surface area contributed by atoms with Gasteiger partial charge in [-0.2, -0.15) is 0 Å². The Labute approximate surface area is 130 Å². The minimum atomic E-state index is 0. The zero-order valence-corrected chi connectivity index (χ0v) is 13.5. The fourth-order valence-electron chi connectivity index (χ4n) is 1.63. The lowest BCUT2D eigenvalue weighted by Crippen LogP contribution is -2.38. The highest BCUT2D eigenvalue weighted by atomic mass is 127. The highest BCUT2D eigenvalue weighted by Crippen LogP contribution is 2.05. The molecule has 2 aromatic rings. The van der Waals surface area contributed by atoms with Crippen molar-refractivity contribution in [2.75, 3.05) is 0 Å². The van der Waals surface area contributed by atoms with E-state index in [1.54, 1.807) is 0 Å². The van der Waals surface area contributed by atoms with Crippen LogP contribution in [-0.4, -0.2) is 21.4 Å². The number of nitrogens with one attached hydrogen (secondary N) is 1. The lowest BCUT2D eigenvalue weighted by molar-refractivity contribution is 0.636. The van der Waals surface area contributed by atoms with E-state index in [0.717, 1.165) is 17.8 Å². The van der Waals surface area contributed by atoms with Crippen LogP contribution in [0.4, 0.5) is 0 Å². The third-order valence-electron chi connectivity index (χ3n) is 2.83. The third-order valence-corrected chi connectivity index (χ3v) is 2.83. The molecule has 104 valence electrons. The van der Waals surface area contributed by atoms with Gasteiger partial charge in [0.05, 0.1) is 12.2 Å². The van der Waals surface area contributed by atoms with Crippen LogP contribution in [0.3, 0.4) is 0 Å². The predicted molar refractivity (Wildman–Crippen MR) is 88.8 cm³/mol. The summed E-state index contributed by atoms with van der Waals surface area (Å²) in [6, 6.07) is 6.25. The molecule has 0 saturated carbocycles. The van der Waals surface area contributed by atoms with Crippen LogP contribution in [0.25, 0.3) is 5.65 Å². The summed E-state index contributed by atoms with van der Waals surface area (Å²) in [6.07, 6.45) is 4.95. The lowest BCUT2D eigenvalue weighted by Gasteiger charge is -2.11. The van der Waals surface area contributed by atoms with Gasteiger partial charge in [0, 0.05) is 18.4 Å². The molecule has 3 N–H and O–H groups in total. The molecule has 0 amide bonds. The maximum absolute atomic E-state index is 5.80. The molecule has 0 saturated heterocycles. The molecular formula is C13H20IN5. The molecule has 0 aliphatic heterocycles. The first-order chi connectivity index (χ1) is 8.69. The van der Waals surface area contributed by atoms with Crippen molar-refractivity contribution in [1.29, 1.82) is 0 Å². The van der Waals surface area contributed by atoms with Crippen LogP contribution in [0.5, 0.6) is 0 Å². The quantitative estimate of drug-likeness (QED) is 0.490. The molecule has 0 radical (unpaired) electrons. The molecular weight excluding hydrogens is 353 g/mol. The summed E-state index contributed by atoms with van der Waals surface area (Å²) in [5.74, 6) is 0.474. The van der Waals surface area contributed by atoms with E-state index >= 15 is 0 Å². The van der Waals surface area contributed by atoms with Gasteiger partial charge in [-0.05, 0) is 25.5 Å². The van der Waals surface area contributed by atoms with Crippen LogP contribution in [0.1, 0.15) is 26.0 Å². The van der Waals surface area contributed by atoms with Gasteiger partial charge in [0.15, 0.2) is 5.96 Å². The summed E-state index contributed by atoms with van der Waals surface area (Å²) in [6.45, 7) is 4.68.